The highest BCUT2D eigenvalue weighted by Gasteiger charge is 2.13. The minimum atomic E-state index is -3.49. The maximum atomic E-state index is 10.5. The van der Waals surface area contributed by atoms with Crippen LogP contribution in [0.15, 0.2) is 0 Å². The van der Waals surface area contributed by atoms with E-state index in [2.05, 4.69) is 0 Å². The number of rotatable bonds is 5. The van der Waals surface area contributed by atoms with Crippen molar-refractivity contribution in [2.45, 2.75) is 19.8 Å². The van der Waals surface area contributed by atoms with E-state index in [1.165, 1.54) is 0 Å². The zero-order chi connectivity index (χ0) is 9.78. The Morgan fingerprint density at radius 3 is 2.42 bits per heavy atom. The topological polar surface area (TPSA) is 71.4 Å². The zero-order valence-corrected chi connectivity index (χ0v) is 8.23. The Labute approximate surface area is 76.0 Å². The van der Waals surface area contributed by atoms with Crippen LogP contribution in [0.2, 0.25) is 0 Å². The Bertz CT molecular complexity index is 246. The molecule has 0 saturated heterocycles. The average molecular weight is 215 g/mol. The molecule has 0 aliphatic rings. The molecule has 0 fully saturated rings. The van der Waals surface area contributed by atoms with Crippen LogP contribution in [0.4, 0.5) is 0 Å². The summed E-state index contributed by atoms with van der Waals surface area (Å²) in [5.74, 6) is -1.29. The minimum Gasteiger partial charge on any atom is -0.481 e. The second-order valence-electron chi connectivity index (χ2n) is 2.74. The third-order valence-corrected chi connectivity index (χ3v) is 2.68. The molecule has 0 amide bonds. The van der Waals surface area contributed by atoms with Crippen LogP contribution in [-0.2, 0) is 13.8 Å². The van der Waals surface area contributed by atoms with Gasteiger partial charge in [-0.25, -0.2) is 8.42 Å². The van der Waals surface area contributed by atoms with E-state index in [0.29, 0.717) is 6.42 Å². The van der Waals surface area contributed by atoms with Gasteiger partial charge >= 0.3 is 5.97 Å². The Morgan fingerprint density at radius 1 is 1.58 bits per heavy atom. The van der Waals surface area contributed by atoms with E-state index in [1.807, 2.05) is 0 Å². The first kappa shape index (κ1) is 11.7. The highest BCUT2D eigenvalue weighted by molar-refractivity contribution is 8.13. The zero-order valence-electron chi connectivity index (χ0n) is 6.66. The van der Waals surface area contributed by atoms with E-state index in [0.717, 1.165) is 0 Å². The van der Waals surface area contributed by atoms with Gasteiger partial charge in [-0.05, 0) is 12.3 Å². The molecule has 0 rings (SSSR count). The Balaban J connectivity index is 3.75. The summed E-state index contributed by atoms with van der Waals surface area (Å²) >= 11 is 0. The molecular formula is C6H11ClO4S. The first-order valence-corrected chi connectivity index (χ1v) is 5.93. The van der Waals surface area contributed by atoms with E-state index < -0.39 is 15.0 Å². The Kier molecular flexibility index (Phi) is 4.55. The molecule has 0 aliphatic heterocycles. The fourth-order valence-electron chi connectivity index (χ4n) is 0.793. The third-order valence-electron chi connectivity index (χ3n) is 1.33. The summed E-state index contributed by atoms with van der Waals surface area (Å²) in [6.07, 6.45) is 0.314. The molecule has 0 aliphatic carbocycles. The van der Waals surface area contributed by atoms with Gasteiger partial charge in [0.25, 0.3) is 0 Å². The molecule has 0 aromatic rings. The van der Waals surface area contributed by atoms with Crippen LogP contribution in [0.3, 0.4) is 0 Å². The van der Waals surface area contributed by atoms with E-state index >= 15 is 0 Å². The molecule has 72 valence electrons. The number of aliphatic carboxylic acids is 1. The van der Waals surface area contributed by atoms with Crippen molar-refractivity contribution in [3.05, 3.63) is 0 Å². The Hall–Kier alpha value is -0.290. The van der Waals surface area contributed by atoms with Gasteiger partial charge in [-0.1, -0.05) is 6.92 Å². The standard InChI is InChI=1S/C6H11ClO4S/c1-5(2-3-6(8)9)4-12(7,10)11/h5H,2-4H2,1H3,(H,8,9)/t5-/m1/s1. The van der Waals surface area contributed by atoms with Crippen molar-refractivity contribution in [2.75, 3.05) is 5.75 Å². The first-order chi connectivity index (χ1) is 5.31. The SMILES string of the molecule is C[C@H](CCC(=O)O)CS(=O)(=O)Cl. The Morgan fingerprint density at radius 2 is 2.08 bits per heavy atom. The molecule has 0 spiro atoms. The number of carboxylic acids is 1. The molecule has 4 nitrogen and oxygen atoms in total. The lowest BCUT2D eigenvalue weighted by molar-refractivity contribution is -0.137. The third kappa shape index (κ3) is 7.81. The maximum Gasteiger partial charge on any atom is 0.303 e. The van der Waals surface area contributed by atoms with Gasteiger partial charge in [-0.3, -0.25) is 4.79 Å². The van der Waals surface area contributed by atoms with Crippen LogP contribution in [0.25, 0.3) is 0 Å². The summed E-state index contributed by atoms with van der Waals surface area (Å²) in [4.78, 5) is 10.1. The van der Waals surface area contributed by atoms with Gasteiger partial charge in [0, 0.05) is 17.1 Å². The summed E-state index contributed by atoms with van der Waals surface area (Å²) < 4.78 is 21.0. The summed E-state index contributed by atoms with van der Waals surface area (Å²) in [5, 5.41) is 8.28. The van der Waals surface area contributed by atoms with Crippen molar-refractivity contribution < 1.29 is 18.3 Å². The van der Waals surface area contributed by atoms with Gasteiger partial charge in [0.1, 0.15) is 0 Å². The second kappa shape index (κ2) is 4.67. The van der Waals surface area contributed by atoms with Crippen LogP contribution < -0.4 is 0 Å². The van der Waals surface area contributed by atoms with Gasteiger partial charge in [-0.2, -0.15) is 0 Å². The fourth-order valence-corrected chi connectivity index (χ4v) is 2.28. The number of hydrogen-bond acceptors (Lipinski definition) is 3. The predicted molar refractivity (Wildman–Crippen MR) is 45.7 cm³/mol. The average Bonchev–Trinajstić information content (AvgIpc) is 1.79. The van der Waals surface area contributed by atoms with Crippen molar-refractivity contribution in [3.63, 3.8) is 0 Å². The van der Waals surface area contributed by atoms with Gasteiger partial charge in [-0.15, -0.1) is 0 Å². The molecule has 12 heavy (non-hydrogen) atoms. The number of carbonyl (C=O) groups is 1. The molecule has 0 aromatic carbocycles. The fraction of sp³-hybridized carbons (Fsp3) is 0.833. The largest absolute Gasteiger partial charge is 0.481 e. The van der Waals surface area contributed by atoms with Crippen LogP contribution in [0.5, 0.6) is 0 Å². The van der Waals surface area contributed by atoms with Gasteiger partial charge in [0.15, 0.2) is 0 Å². The second-order valence-corrected chi connectivity index (χ2v) is 5.56. The monoisotopic (exact) mass is 214 g/mol. The lowest BCUT2D eigenvalue weighted by atomic mass is 10.1. The summed E-state index contributed by atoms with van der Waals surface area (Å²) in [6.45, 7) is 1.66. The van der Waals surface area contributed by atoms with Crippen LogP contribution >= 0.6 is 10.7 Å². The van der Waals surface area contributed by atoms with E-state index in [1.54, 1.807) is 6.92 Å². The van der Waals surface area contributed by atoms with Crippen molar-refractivity contribution in [1.29, 1.82) is 0 Å². The van der Waals surface area contributed by atoms with E-state index in [9.17, 15) is 13.2 Å². The molecule has 0 saturated carbocycles. The van der Waals surface area contributed by atoms with Crippen LogP contribution in [0.1, 0.15) is 19.8 Å². The lowest BCUT2D eigenvalue weighted by Crippen LogP contribution is -2.10. The number of halogens is 1. The maximum absolute atomic E-state index is 10.5. The van der Waals surface area contributed by atoms with E-state index in [-0.39, 0.29) is 18.1 Å². The normalized spacial score (nSPS) is 14.2. The summed E-state index contributed by atoms with van der Waals surface area (Å²) in [5.41, 5.74) is 0. The molecule has 1 atom stereocenters. The number of carboxylic acid groups (broad SMARTS) is 1. The molecule has 1 N–H and O–H groups in total. The van der Waals surface area contributed by atoms with Gasteiger partial charge < -0.3 is 5.11 Å². The van der Waals surface area contributed by atoms with Crippen molar-refractivity contribution >= 4 is 25.7 Å². The highest BCUT2D eigenvalue weighted by atomic mass is 35.7. The van der Waals surface area contributed by atoms with Crippen LogP contribution in [-0.4, -0.2) is 25.2 Å². The summed E-state index contributed by atoms with van der Waals surface area (Å²) in [7, 11) is 1.48. The van der Waals surface area contributed by atoms with Crippen molar-refractivity contribution in [2.24, 2.45) is 5.92 Å². The molecule has 6 heteroatoms. The highest BCUT2D eigenvalue weighted by Crippen LogP contribution is 2.11. The van der Waals surface area contributed by atoms with Crippen molar-refractivity contribution in [1.82, 2.24) is 0 Å². The molecule has 0 bridgehead atoms. The van der Waals surface area contributed by atoms with Crippen molar-refractivity contribution in [3.8, 4) is 0 Å². The van der Waals surface area contributed by atoms with E-state index in [4.69, 9.17) is 15.8 Å². The summed E-state index contributed by atoms with van der Waals surface area (Å²) in [6, 6.07) is 0. The molecule has 0 heterocycles. The first-order valence-electron chi connectivity index (χ1n) is 3.45. The van der Waals surface area contributed by atoms with Gasteiger partial charge in [0.2, 0.25) is 9.05 Å². The molecule has 0 aromatic heterocycles. The minimum absolute atomic E-state index is 0.0203. The van der Waals surface area contributed by atoms with Crippen LogP contribution in [0, 0.1) is 5.92 Å². The predicted octanol–water partition coefficient (Wildman–Crippen LogP) is 1.06. The molecular weight excluding hydrogens is 204 g/mol. The smallest absolute Gasteiger partial charge is 0.303 e. The van der Waals surface area contributed by atoms with Gasteiger partial charge in [0.05, 0.1) is 5.75 Å². The molecule has 0 radical (unpaired) electrons. The quantitative estimate of drug-likeness (QED) is 0.695. The lowest BCUT2D eigenvalue weighted by Gasteiger charge is -2.05. The number of hydrogen-bond donors (Lipinski definition) is 1. The molecule has 0 unspecified atom stereocenters.